The fraction of sp³-hybridized carbons (Fsp3) is 0.222. The summed E-state index contributed by atoms with van der Waals surface area (Å²) < 4.78 is 1.88. The normalized spacial score (nSPS) is 14.2. The van der Waals surface area contributed by atoms with Gasteiger partial charge in [-0.05, 0) is 43.0 Å². The third-order valence-electron chi connectivity index (χ3n) is 4.09. The van der Waals surface area contributed by atoms with Crippen LogP contribution >= 0.6 is 0 Å². The lowest BCUT2D eigenvalue weighted by Gasteiger charge is -2.23. The van der Waals surface area contributed by atoms with Crippen molar-refractivity contribution in [3.8, 4) is 0 Å². The minimum absolute atomic E-state index is 0.0497. The van der Waals surface area contributed by atoms with Gasteiger partial charge in [0.05, 0.1) is 5.56 Å². The molecule has 2 aromatic heterocycles. The van der Waals surface area contributed by atoms with Gasteiger partial charge in [-0.2, -0.15) is 0 Å². The second-order valence-electron chi connectivity index (χ2n) is 5.81. The lowest BCUT2D eigenvalue weighted by Crippen LogP contribution is -2.33. The Morgan fingerprint density at radius 1 is 1.18 bits per heavy atom. The van der Waals surface area contributed by atoms with Crippen LogP contribution < -0.4 is 4.90 Å². The van der Waals surface area contributed by atoms with Crippen LogP contribution in [0.5, 0.6) is 0 Å². The van der Waals surface area contributed by atoms with Gasteiger partial charge in [0.15, 0.2) is 0 Å². The number of rotatable bonds is 4. The molecule has 0 radical (unpaired) electrons. The van der Waals surface area contributed by atoms with Crippen LogP contribution in [-0.2, 0) is 0 Å². The maximum atomic E-state index is 13.0. The van der Waals surface area contributed by atoms with Crippen LogP contribution in [0.15, 0.2) is 61.1 Å². The van der Waals surface area contributed by atoms with Gasteiger partial charge < -0.3 is 9.30 Å². The average Bonchev–Trinajstić information content (AvgIpc) is 3.27. The number of fused-ring (bicyclic) bond motifs is 1. The first kappa shape index (κ1) is 13.1. The van der Waals surface area contributed by atoms with Crippen molar-refractivity contribution in [3.63, 3.8) is 0 Å². The lowest BCUT2D eigenvalue weighted by molar-refractivity contribution is 0.0985. The highest BCUT2D eigenvalue weighted by molar-refractivity contribution is 6.06. The summed E-state index contributed by atoms with van der Waals surface area (Å²) in [5.41, 5.74) is 2.50. The van der Waals surface area contributed by atoms with Gasteiger partial charge in [0, 0.05) is 30.8 Å². The molecule has 1 aromatic carbocycles. The SMILES string of the molecule is O=C(c1ccc2nccn2c1)N(CC1CC1)c1ccccc1. The number of para-hydroxylation sites is 1. The predicted molar refractivity (Wildman–Crippen MR) is 86.0 cm³/mol. The minimum atomic E-state index is 0.0497. The largest absolute Gasteiger partial charge is 0.308 e. The van der Waals surface area contributed by atoms with Crippen LogP contribution in [0.4, 0.5) is 5.69 Å². The highest BCUT2D eigenvalue weighted by atomic mass is 16.2. The topological polar surface area (TPSA) is 37.6 Å². The number of pyridine rings is 1. The molecule has 110 valence electrons. The molecule has 3 aromatic rings. The van der Waals surface area contributed by atoms with Crippen molar-refractivity contribution in [2.75, 3.05) is 11.4 Å². The average molecular weight is 291 g/mol. The van der Waals surface area contributed by atoms with E-state index in [0.717, 1.165) is 17.9 Å². The summed E-state index contributed by atoms with van der Waals surface area (Å²) in [4.78, 5) is 19.1. The van der Waals surface area contributed by atoms with E-state index in [2.05, 4.69) is 4.98 Å². The van der Waals surface area contributed by atoms with E-state index in [0.29, 0.717) is 11.5 Å². The predicted octanol–water partition coefficient (Wildman–Crippen LogP) is 3.39. The number of aromatic nitrogens is 2. The molecule has 0 atom stereocenters. The molecule has 0 unspecified atom stereocenters. The Hall–Kier alpha value is -2.62. The van der Waals surface area contributed by atoms with Gasteiger partial charge in [0.2, 0.25) is 0 Å². The van der Waals surface area contributed by atoms with E-state index in [-0.39, 0.29) is 5.91 Å². The smallest absolute Gasteiger partial charge is 0.259 e. The van der Waals surface area contributed by atoms with Gasteiger partial charge in [-0.15, -0.1) is 0 Å². The molecule has 1 aliphatic carbocycles. The number of nitrogens with zero attached hydrogens (tertiary/aromatic N) is 3. The number of hydrogen-bond donors (Lipinski definition) is 0. The summed E-state index contributed by atoms with van der Waals surface area (Å²) in [6, 6.07) is 13.6. The molecule has 4 nitrogen and oxygen atoms in total. The Bertz CT molecular complexity index is 805. The number of amides is 1. The minimum Gasteiger partial charge on any atom is -0.308 e. The van der Waals surface area contributed by atoms with Crippen LogP contribution in [0.1, 0.15) is 23.2 Å². The Morgan fingerprint density at radius 3 is 2.77 bits per heavy atom. The molecule has 4 heteroatoms. The Kier molecular flexibility index (Phi) is 3.15. The van der Waals surface area contributed by atoms with Crippen LogP contribution in [0.2, 0.25) is 0 Å². The number of hydrogen-bond acceptors (Lipinski definition) is 2. The molecule has 1 saturated carbocycles. The highest BCUT2D eigenvalue weighted by Gasteiger charge is 2.28. The molecule has 0 aliphatic heterocycles. The van der Waals surface area contributed by atoms with Crippen molar-refractivity contribution in [1.82, 2.24) is 9.38 Å². The first-order valence-corrected chi connectivity index (χ1v) is 7.61. The molecular formula is C18H17N3O. The van der Waals surface area contributed by atoms with Gasteiger partial charge in [-0.3, -0.25) is 4.79 Å². The van der Waals surface area contributed by atoms with E-state index in [1.54, 1.807) is 6.20 Å². The van der Waals surface area contributed by atoms with E-state index in [4.69, 9.17) is 0 Å². The summed E-state index contributed by atoms with van der Waals surface area (Å²) in [5, 5.41) is 0. The van der Waals surface area contributed by atoms with E-state index in [9.17, 15) is 4.79 Å². The maximum absolute atomic E-state index is 13.0. The van der Waals surface area contributed by atoms with E-state index >= 15 is 0 Å². The Labute approximate surface area is 129 Å². The molecule has 0 spiro atoms. The summed E-state index contributed by atoms with van der Waals surface area (Å²) in [6.07, 6.45) is 7.89. The standard InChI is InChI=1S/C18H17N3O/c22-18(15-8-9-17-19-10-11-20(17)13-15)21(12-14-6-7-14)16-4-2-1-3-5-16/h1-5,8-11,13-14H,6-7,12H2. The van der Waals surface area contributed by atoms with E-state index in [1.807, 2.05) is 64.2 Å². The molecule has 4 rings (SSSR count). The number of benzene rings is 1. The Balaban J connectivity index is 1.69. The van der Waals surface area contributed by atoms with Gasteiger partial charge in [0.1, 0.15) is 5.65 Å². The van der Waals surface area contributed by atoms with Crippen LogP contribution in [-0.4, -0.2) is 21.8 Å². The second kappa shape index (κ2) is 5.30. The van der Waals surface area contributed by atoms with Crippen molar-refractivity contribution in [2.24, 2.45) is 5.92 Å². The van der Waals surface area contributed by atoms with E-state index in [1.165, 1.54) is 12.8 Å². The lowest BCUT2D eigenvalue weighted by atomic mass is 10.2. The maximum Gasteiger partial charge on any atom is 0.259 e. The number of carbonyl (C=O) groups is 1. The summed E-state index contributed by atoms with van der Waals surface area (Å²) in [6.45, 7) is 0.796. The Morgan fingerprint density at radius 2 is 2.00 bits per heavy atom. The first-order valence-electron chi connectivity index (χ1n) is 7.61. The number of carbonyl (C=O) groups excluding carboxylic acids is 1. The third-order valence-corrected chi connectivity index (χ3v) is 4.09. The molecule has 1 aliphatic rings. The summed E-state index contributed by atoms with van der Waals surface area (Å²) in [7, 11) is 0. The van der Waals surface area contributed by atoms with Crippen molar-refractivity contribution in [2.45, 2.75) is 12.8 Å². The summed E-state index contributed by atoms with van der Waals surface area (Å²) >= 11 is 0. The van der Waals surface area contributed by atoms with Crippen LogP contribution in [0.3, 0.4) is 0 Å². The van der Waals surface area contributed by atoms with E-state index < -0.39 is 0 Å². The van der Waals surface area contributed by atoms with Crippen LogP contribution in [0, 0.1) is 5.92 Å². The first-order chi connectivity index (χ1) is 10.8. The molecule has 2 heterocycles. The van der Waals surface area contributed by atoms with Crippen molar-refractivity contribution < 1.29 is 4.79 Å². The zero-order valence-corrected chi connectivity index (χ0v) is 12.2. The fourth-order valence-corrected chi connectivity index (χ4v) is 2.67. The van der Waals surface area contributed by atoms with Gasteiger partial charge in [-0.25, -0.2) is 4.98 Å². The van der Waals surface area contributed by atoms with Crippen LogP contribution in [0.25, 0.3) is 5.65 Å². The summed E-state index contributed by atoms with van der Waals surface area (Å²) in [5.74, 6) is 0.690. The molecule has 1 fully saturated rings. The van der Waals surface area contributed by atoms with Gasteiger partial charge in [0.25, 0.3) is 5.91 Å². The molecule has 0 bridgehead atoms. The number of imidazole rings is 1. The molecule has 22 heavy (non-hydrogen) atoms. The highest BCUT2D eigenvalue weighted by Crippen LogP contribution is 2.32. The van der Waals surface area contributed by atoms with Crippen molar-refractivity contribution in [1.29, 1.82) is 0 Å². The fourth-order valence-electron chi connectivity index (χ4n) is 2.67. The quantitative estimate of drug-likeness (QED) is 0.739. The molecular weight excluding hydrogens is 274 g/mol. The van der Waals surface area contributed by atoms with Crippen molar-refractivity contribution in [3.05, 3.63) is 66.6 Å². The molecule has 1 amide bonds. The van der Waals surface area contributed by atoms with Gasteiger partial charge in [-0.1, -0.05) is 18.2 Å². The molecule has 0 saturated heterocycles. The van der Waals surface area contributed by atoms with Crippen molar-refractivity contribution >= 4 is 17.2 Å². The van der Waals surface area contributed by atoms with Gasteiger partial charge >= 0.3 is 0 Å². The zero-order valence-electron chi connectivity index (χ0n) is 12.2. The third kappa shape index (κ3) is 2.48. The molecule has 0 N–H and O–H groups in total. The number of anilines is 1. The second-order valence-corrected chi connectivity index (χ2v) is 5.81. The zero-order chi connectivity index (χ0) is 14.9. The monoisotopic (exact) mass is 291 g/mol.